The van der Waals surface area contributed by atoms with Gasteiger partial charge in [-0.3, -0.25) is 0 Å². The Morgan fingerprint density at radius 1 is 1.05 bits per heavy atom. The van der Waals surface area contributed by atoms with Crippen molar-refractivity contribution >= 4 is 19.9 Å². The SMILES string of the molecule is CCS(=O)(=O)CCOc1ccc(S(=O)(=O)N2CCCC2)cc1. The van der Waals surface area contributed by atoms with Gasteiger partial charge in [0.25, 0.3) is 0 Å². The minimum atomic E-state index is -3.42. The van der Waals surface area contributed by atoms with Crippen LogP contribution in [0.3, 0.4) is 0 Å². The molecular weight excluding hydrogens is 326 g/mol. The summed E-state index contributed by atoms with van der Waals surface area (Å²) in [6.07, 6.45) is 1.79. The molecule has 1 aliphatic rings. The fourth-order valence-electron chi connectivity index (χ4n) is 2.22. The van der Waals surface area contributed by atoms with Gasteiger partial charge < -0.3 is 4.74 Å². The maximum atomic E-state index is 12.3. The molecule has 22 heavy (non-hydrogen) atoms. The summed E-state index contributed by atoms with van der Waals surface area (Å²) >= 11 is 0. The summed E-state index contributed by atoms with van der Waals surface area (Å²) in [6.45, 7) is 2.78. The van der Waals surface area contributed by atoms with Gasteiger partial charge in [-0.05, 0) is 37.1 Å². The Labute approximate surface area is 132 Å². The molecule has 0 radical (unpaired) electrons. The summed E-state index contributed by atoms with van der Waals surface area (Å²) in [5.41, 5.74) is 0. The Morgan fingerprint density at radius 3 is 2.18 bits per heavy atom. The molecule has 0 atom stereocenters. The molecule has 1 aromatic rings. The molecule has 1 saturated heterocycles. The third kappa shape index (κ3) is 4.21. The average molecular weight is 347 g/mol. The fourth-order valence-corrected chi connectivity index (χ4v) is 4.36. The van der Waals surface area contributed by atoms with Crippen LogP contribution in [0.25, 0.3) is 0 Å². The van der Waals surface area contributed by atoms with Gasteiger partial charge >= 0.3 is 0 Å². The smallest absolute Gasteiger partial charge is 0.243 e. The van der Waals surface area contributed by atoms with Gasteiger partial charge in [-0.1, -0.05) is 6.92 Å². The van der Waals surface area contributed by atoms with E-state index >= 15 is 0 Å². The summed E-state index contributed by atoms with van der Waals surface area (Å²) in [6, 6.07) is 6.11. The normalized spacial score (nSPS) is 16.8. The van der Waals surface area contributed by atoms with Crippen molar-refractivity contribution in [3.63, 3.8) is 0 Å². The Bertz CT molecular complexity index is 689. The molecule has 1 fully saturated rings. The number of nitrogens with zero attached hydrogens (tertiary/aromatic N) is 1. The lowest BCUT2D eigenvalue weighted by atomic mass is 10.3. The van der Waals surface area contributed by atoms with Crippen LogP contribution < -0.4 is 4.74 Å². The van der Waals surface area contributed by atoms with E-state index in [1.807, 2.05) is 0 Å². The fraction of sp³-hybridized carbons (Fsp3) is 0.571. The third-order valence-corrected chi connectivity index (χ3v) is 7.21. The predicted octanol–water partition coefficient (Wildman–Crippen LogP) is 1.28. The first-order chi connectivity index (χ1) is 10.3. The second-order valence-electron chi connectivity index (χ2n) is 5.17. The van der Waals surface area contributed by atoms with Gasteiger partial charge in [-0.2, -0.15) is 4.31 Å². The number of hydrogen-bond donors (Lipinski definition) is 0. The molecule has 8 heteroatoms. The van der Waals surface area contributed by atoms with E-state index in [1.54, 1.807) is 19.1 Å². The number of ether oxygens (including phenoxy) is 1. The summed E-state index contributed by atoms with van der Waals surface area (Å²) in [5, 5.41) is 0. The lowest BCUT2D eigenvalue weighted by molar-refractivity contribution is 0.340. The van der Waals surface area contributed by atoms with Crippen molar-refractivity contribution in [2.24, 2.45) is 0 Å². The van der Waals surface area contributed by atoms with E-state index in [9.17, 15) is 16.8 Å². The van der Waals surface area contributed by atoms with Crippen LogP contribution in [0, 0.1) is 0 Å². The Kier molecular flexibility index (Phi) is 5.46. The zero-order chi connectivity index (χ0) is 16.2. The van der Waals surface area contributed by atoms with E-state index < -0.39 is 19.9 Å². The third-order valence-electron chi connectivity index (χ3n) is 3.63. The first-order valence-corrected chi connectivity index (χ1v) is 10.5. The Morgan fingerprint density at radius 2 is 1.64 bits per heavy atom. The van der Waals surface area contributed by atoms with Gasteiger partial charge in [0.2, 0.25) is 10.0 Å². The number of sulfonamides is 1. The predicted molar refractivity (Wildman–Crippen MR) is 84.3 cm³/mol. The van der Waals surface area contributed by atoms with Crippen LogP contribution in [-0.4, -0.2) is 52.3 Å². The van der Waals surface area contributed by atoms with Crippen molar-refractivity contribution in [3.8, 4) is 5.75 Å². The number of sulfone groups is 1. The van der Waals surface area contributed by atoms with Crippen molar-refractivity contribution in [1.29, 1.82) is 0 Å². The quantitative estimate of drug-likeness (QED) is 0.742. The molecule has 0 aliphatic carbocycles. The lowest BCUT2D eigenvalue weighted by Gasteiger charge is -2.15. The second kappa shape index (κ2) is 6.97. The van der Waals surface area contributed by atoms with Crippen LogP contribution in [0.4, 0.5) is 0 Å². The molecule has 0 aromatic heterocycles. The molecule has 1 heterocycles. The first kappa shape index (κ1) is 17.2. The largest absolute Gasteiger partial charge is 0.493 e. The number of rotatable bonds is 7. The molecule has 1 aromatic carbocycles. The molecule has 0 saturated carbocycles. The van der Waals surface area contributed by atoms with Crippen LogP contribution in [0.2, 0.25) is 0 Å². The van der Waals surface area contributed by atoms with Gasteiger partial charge in [-0.15, -0.1) is 0 Å². The van der Waals surface area contributed by atoms with Gasteiger partial charge in [0.05, 0.1) is 10.6 Å². The van der Waals surface area contributed by atoms with Crippen LogP contribution in [0.15, 0.2) is 29.2 Å². The van der Waals surface area contributed by atoms with E-state index in [0.717, 1.165) is 12.8 Å². The molecular formula is C14H21NO5S2. The lowest BCUT2D eigenvalue weighted by Crippen LogP contribution is -2.27. The maximum absolute atomic E-state index is 12.3. The molecule has 0 amide bonds. The van der Waals surface area contributed by atoms with Gasteiger partial charge in [-0.25, -0.2) is 16.8 Å². The van der Waals surface area contributed by atoms with Crippen molar-refractivity contribution in [1.82, 2.24) is 4.31 Å². The van der Waals surface area contributed by atoms with E-state index in [1.165, 1.54) is 16.4 Å². The zero-order valence-electron chi connectivity index (χ0n) is 12.6. The molecule has 2 rings (SSSR count). The Hall–Kier alpha value is -1.12. The molecule has 0 N–H and O–H groups in total. The zero-order valence-corrected chi connectivity index (χ0v) is 14.2. The molecule has 124 valence electrons. The molecule has 0 spiro atoms. The topological polar surface area (TPSA) is 80.8 Å². The standard InChI is InChI=1S/C14H21NO5S2/c1-2-21(16,17)12-11-20-13-5-7-14(8-6-13)22(18,19)15-9-3-4-10-15/h5-8H,2-4,9-12H2,1H3. The van der Waals surface area contributed by atoms with Crippen molar-refractivity contribution in [2.75, 3.05) is 31.2 Å². The molecule has 6 nitrogen and oxygen atoms in total. The second-order valence-corrected chi connectivity index (χ2v) is 9.58. The monoisotopic (exact) mass is 347 g/mol. The van der Waals surface area contributed by atoms with Gasteiger partial charge in [0.15, 0.2) is 9.84 Å². The highest BCUT2D eigenvalue weighted by Gasteiger charge is 2.26. The van der Waals surface area contributed by atoms with Crippen LogP contribution >= 0.6 is 0 Å². The number of hydrogen-bond acceptors (Lipinski definition) is 5. The van der Waals surface area contributed by atoms with E-state index in [2.05, 4.69) is 0 Å². The highest BCUT2D eigenvalue weighted by molar-refractivity contribution is 7.91. The van der Waals surface area contributed by atoms with Crippen molar-refractivity contribution in [3.05, 3.63) is 24.3 Å². The van der Waals surface area contributed by atoms with Gasteiger partial charge in [0, 0.05) is 18.8 Å². The number of benzene rings is 1. The molecule has 0 unspecified atom stereocenters. The summed E-state index contributed by atoms with van der Waals surface area (Å²) in [5.74, 6) is 0.507. The minimum absolute atomic E-state index is 0.0443. The minimum Gasteiger partial charge on any atom is -0.493 e. The molecule has 0 bridgehead atoms. The summed E-state index contributed by atoms with van der Waals surface area (Å²) in [4.78, 5) is 0.239. The van der Waals surface area contributed by atoms with E-state index in [4.69, 9.17) is 4.74 Å². The molecule has 1 aliphatic heterocycles. The summed E-state index contributed by atoms with van der Waals surface area (Å²) in [7, 11) is -6.48. The van der Waals surface area contributed by atoms with E-state index in [-0.39, 0.29) is 23.0 Å². The Balaban J connectivity index is 1.98. The highest BCUT2D eigenvalue weighted by Crippen LogP contribution is 2.22. The van der Waals surface area contributed by atoms with E-state index in [0.29, 0.717) is 18.8 Å². The van der Waals surface area contributed by atoms with Gasteiger partial charge in [0.1, 0.15) is 12.4 Å². The average Bonchev–Trinajstić information content (AvgIpc) is 3.03. The highest BCUT2D eigenvalue weighted by atomic mass is 32.2. The van der Waals surface area contributed by atoms with Crippen LogP contribution in [0.5, 0.6) is 5.75 Å². The van der Waals surface area contributed by atoms with Crippen molar-refractivity contribution < 1.29 is 21.6 Å². The first-order valence-electron chi connectivity index (χ1n) is 7.28. The maximum Gasteiger partial charge on any atom is 0.243 e. The van der Waals surface area contributed by atoms with Crippen molar-refractivity contribution in [2.45, 2.75) is 24.7 Å². The van der Waals surface area contributed by atoms with Crippen LogP contribution in [0.1, 0.15) is 19.8 Å². The summed E-state index contributed by atoms with van der Waals surface area (Å²) < 4.78 is 54.2. The van der Waals surface area contributed by atoms with Crippen LogP contribution in [-0.2, 0) is 19.9 Å².